The molecule has 4 heterocycles. The Labute approximate surface area is 204 Å². The third-order valence-electron chi connectivity index (χ3n) is 5.12. The highest BCUT2D eigenvalue weighted by Gasteiger charge is 2.15. The summed E-state index contributed by atoms with van der Waals surface area (Å²) >= 11 is 2.90. The Balaban J connectivity index is 1.34. The Bertz CT molecular complexity index is 1470. The second-order valence-electron chi connectivity index (χ2n) is 7.95. The molecule has 1 amide bonds. The first kappa shape index (κ1) is 22.1. The predicted molar refractivity (Wildman–Crippen MR) is 140 cm³/mol. The zero-order valence-corrected chi connectivity index (χ0v) is 20.3. The number of amides is 1. The number of nitrogens with two attached hydrogens (primary N) is 1. The van der Waals surface area contributed by atoms with Gasteiger partial charge in [-0.25, -0.2) is 9.97 Å². The monoisotopic (exact) mass is 489 g/mol. The maximum absolute atomic E-state index is 12.6. The average Bonchev–Trinajstić information content (AvgIpc) is 3.55. The van der Waals surface area contributed by atoms with Gasteiger partial charge in [-0.15, -0.1) is 11.3 Å². The van der Waals surface area contributed by atoms with E-state index < -0.39 is 0 Å². The molecule has 172 valence electrons. The Morgan fingerprint density at radius 2 is 1.88 bits per heavy atom. The molecule has 0 saturated heterocycles. The van der Waals surface area contributed by atoms with E-state index in [0.29, 0.717) is 16.3 Å². The molecule has 0 saturated carbocycles. The van der Waals surface area contributed by atoms with Crippen LogP contribution in [0, 0.1) is 0 Å². The Kier molecular flexibility index (Phi) is 6.01. The van der Waals surface area contributed by atoms with Crippen LogP contribution in [0.3, 0.4) is 0 Å². The fourth-order valence-corrected chi connectivity index (χ4v) is 5.30. The van der Waals surface area contributed by atoms with Gasteiger partial charge >= 0.3 is 0 Å². The fourth-order valence-electron chi connectivity index (χ4n) is 3.60. The Hall–Kier alpha value is -3.73. The average molecular weight is 490 g/mol. The van der Waals surface area contributed by atoms with Crippen LogP contribution in [0.5, 0.6) is 0 Å². The van der Waals surface area contributed by atoms with Crippen LogP contribution in [0.2, 0.25) is 0 Å². The van der Waals surface area contributed by atoms with Gasteiger partial charge in [0.1, 0.15) is 5.65 Å². The molecule has 8 nitrogen and oxygen atoms in total. The first-order chi connectivity index (χ1) is 16.5. The third-order valence-corrected chi connectivity index (χ3v) is 7.05. The number of thiazole rings is 1. The quantitative estimate of drug-likeness (QED) is 0.273. The smallest absolute Gasteiger partial charge is 0.265 e. The molecule has 34 heavy (non-hydrogen) atoms. The number of benzene rings is 1. The van der Waals surface area contributed by atoms with Crippen LogP contribution in [0.15, 0.2) is 67.0 Å². The van der Waals surface area contributed by atoms with Gasteiger partial charge in [0, 0.05) is 18.4 Å². The lowest BCUT2D eigenvalue weighted by Crippen LogP contribution is -2.13. The summed E-state index contributed by atoms with van der Waals surface area (Å²) in [6.45, 7) is 0.805. The molecule has 0 aliphatic rings. The van der Waals surface area contributed by atoms with Gasteiger partial charge in [-0.1, -0.05) is 29.5 Å². The molecule has 4 N–H and O–H groups in total. The number of anilines is 4. The molecule has 0 atom stereocenters. The van der Waals surface area contributed by atoms with Crippen LogP contribution in [0.1, 0.15) is 15.4 Å². The van der Waals surface area contributed by atoms with E-state index in [4.69, 9.17) is 5.73 Å². The van der Waals surface area contributed by atoms with Crippen molar-refractivity contribution in [1.29, 1.82) is 0 Å². The predicted octanol–water partition coefficient (Wildman–Crippen LogP) is 5.16. The molecule has 4 aromatic heterocycles. The molecular weight excluding hydrogens is 466 g/mol. The Morgan fingerprint density at radius 1 is 1.03 bits per heavy atom. The highest BCUT2D eigenvalue weighted by atomic mass is 32.1. The molecule has 0 spiro atoms. The highest BCUT2D eigenvalue weighted by molar-refractivity contribution is 7.20. The minimum Gasteiger partial charge on any atom is -0.397 e. The second-order valence-corrected chi connectivity index (χ2v) is 10.1. The van der Waals surface area contributed by atoms with Crippen molar-refractivity contribution in [3.63, 3.8) is 0 Å². The fraction of sp³-hybridized carbons (Fsp3) is 0.125. The van der Waals surface area contributed by atoms with Crippen molar-refractivity contribution in [1.82, 2.24) is 19.3 Å². The van der Waals surface area contributed by atoms with Crippen molar-refractivity contribution in [3.8, 4) is 10.6 Å². The van der Waals surface area contributed by atoms with E-state index in [-0.39, 0.29) is 5.91 Å². The number of nitrogens with zero attached hydrogens (tertiary/aromatic N) is 4. The molecule has 0 radical (unpaired) electrons. The molecular formula is C24H23N7OS2. The molecule has 0 aliphatic carbocycles. The van der Waals surface area contributed by atoms with E-state index >= 15 is 0 Å². The van der Waals surface area contributed by atoms with E-state index in [9.17, 15) is 4.79 Å². The van der Waals surface area contributed by atoms with E-state index in [1.165, 1.54) is 11.3 Å². The third kappa shape index (κ3) is 4.51. The summed E-state index contributed by atoms with van der Waals surface area (Å²) in [6.07, 6.45) is 3.73. The summed E-state index contributed by atoms with van der Waals surface area (Å²) < 4.78 is 2.17. The van der Waals surface area contributed by atoms with Crippen molar-refractivity contribution in [2.75, 3.05) is 30.5 Å². The summed E-state index contributed by atoms with van der Waals surface area (Å²) in [6, 6.07) is 17.0. The standard InChI is InChI=1S/C24H23N7OS2/c1-30(2)14-15-6-5-9-21-26-12-18(31(15)21)20-13-27-24(34-20)29-22-11-10-19(33-22)23(32)28-17-8-4-3-7-16(17)25/h3-13H,14,25H2,1-2H3,(H,27,29)(H,28,32). The lowest BCUT2D eigenvalue weighted by molar-refractivity contribution is 0.103. The lowest BCUT2D eigenvalue weighted by Gasteiger charge is -2.13. The van der Waals surface area contributed by atoms with E-state index in [2.05, 4.69) is 50.1 Å². The van der Waals surface area contributed by atoms with E-state index in [0.717, 1.165) is 38.6 Å². The summed E-state index contributed by atoms with van der Waals surface area (Å²) in [7, 11) is 4.10. The SMILES string of the molecule is CN(C)Cc1cccc2ncc(-c3cnc(Nc4ccc(C(=O)Nc5ccccc5N)s4)s3)n12. The van der Waals surface area contributed by atoms with Crippen LogP contribution < -0.4 is 16.4 Å². The second kappa shape index (κ2) is 9.26. The lowest BCUT2D eigenvalue weighted by atomic mass is 10.2. The molecule has 0 aliphatic heterocycles. The van der Waals surface area contributed by atoms with E-state index in [1.54, 1.807) is 29.5 Å². The van der Waals surface area contributed by atoms with Crippen LogP contribution in [-0.4, -0.2) is 39.3 Å². The largest absolute Gasteiger partial charge is 0.397 e. The molecule has 0 unspecified atom stereocenters. The summed E-state index contributed by atoms with van der Waals surface area (Å²) in [5.74, 6) is -0.199. The Morgan fingerprint density at radius 3 is 2.71 bits per heavy atom. The van der Waals surface area contributed by atoms with Crippen molar-refractivity contribution in [3.05, 3.63) is 77.6 Å². The van der Waals surface area contributed by atoms with Crippen molar-refractivity contribution < 1.29 is 4.79 Å². The molecule has 0 fully saturated rings. The minimum atomic E-state index is -0.199. The topological polar surface area (TPSA) is 101 Å². The summed E-state index contributed by atoms with van der Waals surface area (Å²) in [4.78, 5) is 25.5. The van der Waals surface area contributed by atoms with Gasteiger partial charge in [0.25, 0.3) is 5.91 Å². The van der Waals surface area contributed by atoms with Crippen LogP contribution >= 0.6 is 22.7 Å². The minimum absolute atomic E-state index is 0.199. The van der Waals surface area contributed by atoms with Gasteiger partial charge in [-0.2, -0.15) is 0 Å². The van der Waals surface area contributed by atoms with Crippen LogP contribution in [-0.2, 0) is 6.54 Å². The number of pyridine rings is 1. The number of para-hydroxylation sites is 2. The number of imidazole rings is 1. The van der Waals surface area contributed by atoms with Gasteiger partial charge in [-0.3, -0.25) is 9.20 Å². The number of hydrogen-bond donors (Lipinski definition) is 3. The normalized spacial score (nSPS) is 11.3. The number of nitrogens with one attached hydrogen (secondary N) is 2. The number of nitrogen functional groups attached to an aromatic ring is 1. The van der Waals surface area contributed by atoms with E-state index in [1.807, 2.05) is 42.7 Å². The van der Waals surface area contributed by atoms with Crippen molar-refractivity contribution >= 4 is 55.7 Å². The van der Waals surface area contributed by atoms with Gasteiger partial charge in [0.05, 0.1) is 38.0 Å². The molecule has 0 bridgehead atoms. The number of fused-ring (bicyclic) bond motifs is 1. The first-order valence-electron chi connectivity index (χ1n) is 10.6. The van der Waals surface area contributed by atoms with Crippen LogP contribution in [0.25, 0.3) is 16.2 Å². The summed E-state index contributed by atoms with van der Waals surface area (Å²) in [5.41, 5.74) is 10.1. The molecule has 5 rings (SSSR count). The molecule has 1 aromatic carbocycles. The van der Waals surface area contributed by atoms with Gasteiger partial charge in [-0.05, 0) is 50.5 Å². The number of thiophene rings is 1. The number of hydrogen-bond acceptors (Lipinski definition) is 8. The molecule has 10 heteroatoms. The maximum Gasteiger partial charge on any atom is 0.265 e. The number of aromatic nitrogens is 3. The van der Waals surface area contributed by atoms with Crippen molar-refractivity contribution in [2.24, 2.45) is 0 Å². The number of carbonyl (C=O) groups excluding carboxylic acids is 1. The van der Waals surface area contributed by atoms with Gasteiger partial charge < -0.3 is 21.3 Å². The highest BCUT2D eigenvalue weighted by Crippen LogP contribution is 2.34. The van der Waals surface area contributed by atoms with Crippen molar-refractivity contribution in [2.45, 2.75) is 6.54 Å². The first-order valence-corrected chi connectivity index (χ1v) is 12.2. The number of rotatable bonds is 7. The number of carbonyl (C=O) groups is 1. The maximum atomic E-state index is 12.6. The molecule has 5 aromatic rings. The zero-order valence-electron chi connectivity index (χ0n) is 18.6. The zero-order chi connectivity index (χ0) is 23.7. The van der Waals surface area contributed by atoms with Crippen LogP contribution in [0.4, 0.5) is 21.5 Å². The van der Waals surface area contributed by atoms with Gasteiger partial charge in [0.2, 0.25) is 0 Å². The summed E-state index contributed by atoms with van der Waals surface area (Å²) in [5, 5.41) is 7.75. The van der Waals surface area contributed by atoms with Gasteiger partial charge in [0.15, 0.2) is 5.13 Å².